The number of carbonyl (C=O) groups excluding carboxylic acids is 1. The van der Waals surface area contributed by atoms with Crippen LogP contribution in [-0.4, -0.2) is 42.6 Å². The average Bonchev–Trinajstić information content (AvgIpc) is 2.91. The number of hydrogen-bond acceptors (Lipinski definition) is 3. The summed E-state index contributed by atoms with van der Waals surface area (Å²) >= 11 is 0. The van der Waals surface area contributed by atoms with E-state index in [-0.39, 0.29) is 0 Å². The number of rotatable bonds is 5. The lowest BCUT2D eigenvalue weighted by Gasteiger charge is -2.28. The fourth-order valence-corrected chi connectivity index (χ4v) is 4.25. The van der Waals surface area contributed by atoms with Crippen LogP contribution in [-0.2, 0) is 4.79 Å². The molecule has 0 aliphatic carbocycles. The number of fused-ring (bicyclic) bond motifs is 3. The molecule has 2 fully saturated rings. The molecule has 4 rings (SSSR count). The Morgan fingerprint density at radius 1 is 1.08 bits per heavy atom. The van der Waals surface area contributed by atoms with E-state index in [0.29, 0.717) is 31.0 Å². The standard InChI is InChI=1S/C21H26N2O2/c24-21(23-17-10-11-18(23)15-22-13-12-17)9-4-14-25-20-8-3-6-16-5-1-2-7-19(16)20/h1-3,5-8,17-18,22H,4,9-15H2. The van der Waals surface area contributed by atoms with Gasteiger partial charge in [0.05, 0.1) is 6.61 Å². The lowest BCUT2D eigenvalue weighted by Crippen LogP contribution is -2.42. The second kappa shape index (κ2) is 7.44. The Bertz CT molecular complexity index is 726. The lowest BCUT2D eigenvalue weighted by atomic mass is 10.1. The summed E-state index contributed by atoms with van der Waals surface area (Å²) in [5, 5.41) is 5.77. The normalized spacial score (nSPS) is 22.8. The SMILES string of the molecule is O=C(CCCOc1cccc2ccccc12)N1C2CCNCC1CC2. The Morgan fingerprint density at radius 3 is 2.88 bits per heavy atom. The minimum Gasteiger partial charge on any atom is -0.493 e. The molecule has 2 atom stereocenters. The minimum absolute atomic E-state index is 0.303. The van der Waals surface area contributed by atoms with Crippen LogP contribution >= 0.6 is 0 Å². The summed E-state index contributed by atoms with van der Waals surface area (Å²) in [6, 6.07) is 15.2. The third kappa shape index (κ3) is 3.49. The van der Waals surface area contributed by atoms with Crippen LogP contribution in [0, 0.1) is 0 Å². The molecule has 2 bridgehead atoms. The number of hydrogen-bond donors (Lipinski definition) is 1. The number of ether oxygens (including phenoxy) is 1. The maximum absolute atomic E-state index is 12.7. The Labute approximate surface area is 149 Å². The molecule has 1 amide bonds. The Kier molecular flexibility index (Phi) is 4.88. The molecule has 2 heterocycles. The number of amides is 1. The van der Waals surface area contributed by atoms with Crippen molar-refractivity contribution in [1.82, 2.24) is 10.2 Å². The van der Waals surface area contributed by atoms with E-state index in [9.17, 15) is 4.79 Å². The van der Waals surface area contributed by atoms with Crippen molar-refractivity contribution < 1.29 is 9.53 Å². The molecule has 0 radical (unpaired) electrons. The Morgan fingerprint density at radius 2 is 1.92 bits per heavy atom. The monoisotopic (exact) mass is 338 g/mol. The maximum atomic E-state index is 12.7. The van der Waals surface area contributed by atoms with Gasteiger partial charge in [-0.3, -0.25) is 4.79 Å². The minimum atomic E-state index is 0.303. The molecule has 0 saturated carbocycles. The van der Waals surface area contributed by atoms with Crippen molar-refractivity contribution >= 4 is 16.7 Å². The molecular weight excluding hydrogens is 312 g/mol. The maximum Gasteiger partial charge on any atom is 0.223 e. The summed E-state index contributed by atoms with van der Waals surface area (Å²) in [5.74, 6) is 1.21. The van der Waals surface area contributed by atoms with Gasteiger partial charge in [0.2, 0.25) is 5.91 Å². The average molecular weight is 338 g/mol. The van der Waals surface area contributed by atoms with Gasteiger partial charge in [0.25, 0.3) is 0 Å². The van der Waals surface area contributed by atoms with Crippen molar-refractivity contribution in [1.29, 1.82) is 0 Å². The number of nitrogens with zero attached hydrogens (tertiary/aromatic N) is 1. The van der Waals surface area contributed by atoms with E-state index in [1.165, 1.54) is 11.8 Å². The fraction of sp³-hybridized carbons (Fsp3) is 0.476. The summed E-state index contributed by atoms with van der Waals surface area (Å²) in [6.07, 6.45) is 4.76. The first-order valence-electron chi connectivity index (χ1n) is 9.45. The first-order valence-corrected chi connectivity index (χ1v) is 9.45. The van der Waals surface area contributed by atoms with Crippen LogP contribution in [0.4, 0.5) is 0 Å². The van der Waals surface area contributed by atoms with Gasteiger partial charge in [-0.2, -0.15) is 0 Å². The van der Waals surface area contributed by atoms with Crippen LogP contribution in [0.2, 0.25) is 0 Å². The van der Waals surface area contributed by atoms with Gasteiger partial charge in [0.15, 0.2) is 0 Å². The highest BCUT2D eigenvalue weighted by molar-refractivity contribution is 5.88. The van der Waals surface area contributed by atoms with Crippen LogP contribution in [0.1, 0.15) is 32.1 Å². The Balaban J connectivity index is 1.31. The van der Waals surface area contributed by atoms with E-state index in [1.807, 2.05) is 24.3 Å². The molecule has 2 aromatic rings. The molecule has 2 saturated heterocycles. The topological polar surface area (TPSA) is 41.6 Å². The largest absolute Gasteiger partial charge is 0.493 e. The summed E-state index contributed by atoms with van der Waals surface area (Å²) in [6.45, 7) is 2.57. The van der Waals surface area contributed by atoms with Crippen LogP contribution < -0.4 is 10.1 Å². The van der Waals surface area contributed by atoms with Crippen LogP contribution in [0.5, 0.6) is 5.75 Å². The van der Waals surface area contributed by atoms with Crippen LogP contribution in [0.15, 0.2) is 42.5 Å². The van der Waals surface area contributed by atoms with Crippen LogP contribution in [0.25, 0.3) is 10.8 Å². The van der Waals surface area contributed by atoms with E-state index < -0.39 is 0 Å². The molecule has 132 valence electrons. The van der Waals surface area contributed by atoms with Crippen molar-refractivity contribution in [3.05, 3.63) is 42.5 Å². The second-order valence-electron chi connectivity index (χ2n) is 7.11. The zero-order valence-electron chi connectivity index (χ0n) is 14.6. The highest BCUT2D eigenvalue weighted by Crippen LogP contribution is 2.29. The third-order valence-electron chi connectivity index (χ3n) is 5.48. The molecule has 1 N–H and O–H groups in total. The Hall–Kier alpha value is -2.07. The van der Waals surface area contributed by atoms with E-state index in [1.54, 1.807) is 0 Å². The van der Waals surface area contributed by atoms with Gasteiger partial charge in [-0.05, 0) is 43.7 Å². The number of nitrogens with one attached hydrogen (secondary N) is 1. The van der Waals surface area contributed by atoms with E-state index in [2.05, 4.69) is 28.4 Å². The molecule has 4 nitrogen and oxygen atoms in total. The fourth-order valence-electron chi connectivity index (χ4n) is 4.25. The third-order valence-corrected chi connectivity index (χ3v) is 5.48. The molecule has 2 aromatic carbocycles. The molecule has 2 aliphatic rings. The number of carbonyl (C=O) groups is 1. The van der Waals surface area contributed by atoms with E-state index in [4.69, 9.17) is 4.74 Å². The van der Waals surface area contributed by atoms with Crippen molar-refractivity contribution in [3.8, 4) is 5.75 Å². The smallest absolute Gasteiger partial charge is 0.223 e. The molecule has 4 heteroatoms. The predicted molar refractivity (Wildman–Crippen MR) is 99.8 cm³/mol. The first kappa shape index (κ1) is 16.4. The predicted octanol–water partition coefficient (Wildman–Crippen LogP) is 3.35. The van der Waals surface area contributed by atoms with Crippen molar-refractivity contribution in [2.75, 3.05) is 19.7 Å². The van der Waals surface area contributed by atoms with Gasteiger partial charge in [0, 0.05) is 30.4 Å². The van der Waals surface area contributed by atoms with Crippen molar-refractivity contribution in [2.45, 2.75) is 44.2 Å². The van der Waals surface area contributed by atoms with Crippen molar-refractivity contribution in [2.24, 2.45) is 0 Å². The van der Waals surface area contributed by atoms with Gasteiger partial charge in [-0.15, -0.1) is 0 Å². The summed E-state index contributed by atoms with van der Waals surface area (Å²) in [5.41, 5.74) is 0. The van der Waals surface area contributed by atoms with E-state index in [0.717, 1.165) is 43.5 Å². The second-order valence-corrected chi connectivity index (χ2v) is 7.11. The molecule has 2 unspecified atom stereocenters. The van der Waals surface area contributed by atoms with Crippen molar-refractivity contribution in [3.63, 3.8) is 0 Å². The highest BCUT2D eigenvalue weighted by atomic mass is 16.5. The van der Waals surface area contributed by atoms with E-state index >= 15 is 0 Å². The summed E-state index contributed by atoms with van der Waals surface area (Å²) in [4.78, 5) is 14.8. The van der Waals surface area contributed by atoms with Gasteiger partial charge >= 0.3 is 0 Å². The lowest BCUT2D eigenvalue weighted by molar-refractivity contribution is -0.134. The zero-order valence-corrected chi connectivity index (χ0v) is 14.6. The zero-order chi connectivity index (χ0) is 17.1. The first-order chi connectivity index (χ1) is 12.3. The highest BCUT2D eigenvalue weighted by Gasteiger charge is 2.37. The van der Waals surface area contributed by atoms with Gasteiger partial charge in [-0.1, -0.05) is 36.4 Å². The number of benzene rings is 2. The molecule has 2 aliphatic heterocycles. The van der Waals surface area contributed by atoms with Crippen LogP contribution in [0.3, 0.4) is 0 Å². The summed E-state index contributed by atoms with van der Waals surface area (Å²) < 4.78 is 5.97. The molecule has 0 aromatic heterocycles. The van der Waals surface area contributed by atoms with Gasteiger partial charge in [-0.25, -0.2) is 0 Å². The molecule has 25 heavy (non-hydrogen) atoms. The van der Waals surface area contributed by atoms with Gasteiger partial charge in [0.1, 0.15) is 5.75 Å². The summed E-state index contributed by atoms with van der Waals surface area (Å²) in [7, 11) is 0. The van der Waals surface area contributed by atoms with Gasteiger partial charge < -0.3 is 15.0 Å². The quantitative estimate of drug-likeness (QED) is 0.850. The molecular formula is C21H26N2O2. The molecule has 0 spiro atoms.